The summed E-state index contributed by atoms with van der Waals surface area (Å²) in [6.07, 6.45) is -0.0901. The van der Waals surface area contributed by atoms with Gasteiger partial charge in [-0.05, 0) is 47.5 Å². The summed E-state index contributed by atoms with van der Waals surface area (Å²) in [6.45, 7) is 0. The summed E-state index contributed by atoms with van der Waals surface area (Å²) in [5.41, 5.74) is 1.04. The largest absolute Gasteiger partial charge is 0.481 e. The van der Waals surface area contributed by atoms with E-state index in [1.54, 1.807) is 6.07 Å². The summed E-state index contributed by atoms with van der Waals surface area (Å²) in [6, 6.07) is 8.17. The van der Waals surface area contributed by atoms with Gasteiger partial charge in [0.25, 0.3) is 0 Å². The molecule has 134 valence electrons. The molecule has 0 saturated heterocycles. The van der Waals surface area contributed by atoms with E-state index in [1.807, 2.05) is 0 Å². The van der Waals surface area contributed by atoms with Crippen LogP contribution in [0, 0.1) is 11.6 Å². The average Bonchev–Trinajstić information content (AvgIpc) is 2.54. The lowest BCUT2D eigenvalue weighted by molar-refractivity contribution is -0.140. The van der Waals surface area contributed by atoms with Crippen molar-refractivity contribution >= 4 is 43.8 Å². The van der Waals surface area contributed by atoms with E-state index in [1.165, 1.54) is 37.4 Å². The summed E-state index contributed by atoms with van der Waals surface area (Å²) < 4.78 is 31.1. The maximum absolute atomic E-state index is 12.7. The van der Waals surface area contributed by atoms with E-state index in [0.29, 0.717) is 20.1 Å². The first-order valence-corrected chi connectivity index (χ1v) is 8.48. The van der Waals surface area contributed by atoms with Crippen molar-refractivity contribution < 1.29 is 28.2 Å². The molecule has 0 radical (unpaired) electrons. The highest BCUT2D eigenvalue weighted by Crippen LogP contribution is 2.19. The third-order valence-corrected chi connectivity index (χ3v) is 4.47. The van der Waals surface area contributed by atoms with Gasteiger partial charge >= 0.3 is 11.9 Å². The molecule has 0 amide bonds. The molecule has 0 atom stereocenters. The van der Waals surface area contributed by atoms with E-state index in [4.69, 9.17) is 5.11 Å². The SMILES string of the molecule is COC(=O)Cc1cc(F)ccc1Br.O=C(O)Cc1cc(F)ccc1Br. The summed E-state index contributed by atoms with van der Waals surface area (Å²) in [7, 11) is 1.30. The zero-order valence-electron chi connectivity index (χ0n) is 13.1. The molecular formula is C17H14Br2F2O4. The van der Waals surface area contributed by atoms with Crippen LogP contribution in [-0.2, 0) is 27.2 Å². The Labute approximate surface area is 160 Å². The van der Waals surface area contributed by atoms with E-state index < -0.39 is 11.8 Å². The number of rotatable bonds is 4. The fourth-order valence-corrected chi connectivity index (χ4v) is 2.52. The summed E-state index contributed by atoms with van der Waals surface area (Å²) in [4.78, 5) is 21.2. The Morgan fingerprint density at radius 2 is 1.40 bits per heavy atom. The molecule has 25 heavy (non-hydrogen) atoms. The standard InChI is InChI=1S/C9H8BrFO2.C8H6BrFO2/c1-13-9(12)5-6-4-7(11)2-3-8(6)10;9-7-2-1-6(10)3-5(7)4-8(11)12/h2-4H,5H2,1H3;1-3H,4H2,(H,11,12). The normalized spacial score (nSPS) is 9.80. The lowest BCUT2D eigenvalue weighted by atomic mass is 10.1. The van der Waals surface area contributed by atoms with Crippen molar-refractivity contribution in [3.8, 4) is 0 Å². The lowest BCUT2D eigenvalue weighted by Crippen LogP contribution is -2.05. The van der Waals surface area contributed by atoms with E-state index in [-0.39, 0.29) is 24.6 Å². The molecule has 0 aromatic heterocycles. The van der Waals surface area contributed by atoms with Crippen molar-refractivity contribution in [1.82, 2.24) is 0 Å². The van der Waals surface area contributed by atoms with Crippen LogP contribution in [0.15, 0.2) is 45.3 Å². The Morgan fingerprint density at radius 1 is 0.960 bits per heavy atom. The quantitative estimate of drug-likeness (QED) is 0.655. The van der Waals surface area contributed by atoms with Gasteiger partial charge in [-0.2, -0.15) is 0 Å². The molecule has 0 fully saturated rings. The zero-order valence-corrected chi connectivity index (χ0v) is 16.2. The lowest BCUT2D eigenvalue weighted by Gasteiger charge is -2.02. The van der Waals surface area contributed by atoms with Gasteiger partial charge in [0, 0.05) is 8.95 Å². The van der Waals surface area contributed by atoms with Gasteiger partial charge in [0.2, 0.25) is 0 Å². The molecule has 2 aromatic rings. The zero-order chi connectivity index (χ0) is 19.0. The van der Waals surface area contributed by atoms with Crippen molar-refractivity contribution in [3.05, 3.63) is 68.1 Å². The highest BCUT2D eigenvalue weighted by atomic mass is 79.9. The number of ether oxygens (including phenoxy) is 1. The first-order chi connectivity index (χ1) is 11.7. The van der Waals surface area contributed by atoms with Crippen LogP contribution in [0.4, 0.5) is 8.78 Å². The number of halogens is 4. The molecule has 0 aliphatic carbocycles. The maximum atomic E-state index is 12.7. The third kappa shape index (κ3) is 7.74. The van der Waals surface area contributed by atoms with Gasteiger partial charge in [0.05, 0.1) is 20.0 Å². The molecule has 0 heterocycles. The van der Waals surface area contributed by atoms with Crippen molar-refractivity contribution in [2.45, 2.75) is 12.8 Å². The Bertz CT molecular complexity index is 766. The molecule has 1 N–H and O–H groups in total. The fraction of sp³-hybridized carbons (Fsp3) is 0.176. The molecule has 2 aromatic carbocycles. The van der Waals surface area contributed by atoms with Crippen molar-refractivity contribution in [1.29, 1.82) is 0 Å². The third-order valence-electron chi connectivity index (χ3n) is 2.92. The van der Waals surface area contributed by atoms with E-state index in [2.05, 4.69) is 36.6 Å². The number of hydrogen-bond donors (Lipinski definition) is 1. The Morgan fingerprint density at radius 3 is 1.80 bits per heavy atom. The van der Waals surface area contributed by atoms with Crippen LogP contribution in [-0.4, -0.2) is 24.2 Å². The summed E-state index contributed by atoms with van der Waals surface area (Å²) >= 11 is 6.34. The Hall–Kier alpha value is -1.80. The van der Waals surface area contributed by atoms with Gasteiger partial charge in [-0.3, -0.25) is 9.59 Å². The number of carboxylic acids is 1. The van der Waals surface area contributed by atoms with E-state index in [9.17, 15) is 18.4 Å². The number of methoxy groups -OCH3 is 1. The smallest absolute Gasteiger partial charge is 0.310 e. The predicted octanol–water partition coefficient (Wildman–Crippen LogP) is 4.52. The van der Waals surface area contributed by atoms with Gasteiger partial charge in [0.15, 0.2) is 0 Å². The molecule has 0 aliphatic rings. The second-order valence-corrected chi connectivity index (χ2v) is 6.50. The highest BCUT2D eigenvalue weighted by molar-refractivity contribution is 9.10. The number of carbonyl (C=O) groups excluding carboxylic acids is 1. The molecule has 8 heteroatoms. The minimum Gasteiger partial charge on any atom is -0.481 e. The minimum absolute atomic E-state index is 0.0782. The van der Waals surface area contributed by atoms with Gasteiger partial charge in [-0.15, -0.1) is 0 Å². The average molecular weight is 480 g/mol. The highest BCUT2D eigenvalue weighted by Gasteiger charge is 2.07. The van der Waals surface area contributed by atoms with Crippen molar-refractivity contribution in [2.75, 3.05) is 7.11 Å². The van der Waals surface area contributed by atoms with Crippen molar-refractivity contribution in [2.24, 2.45) is 0 Å². The van der Waals surface area contributed by atoms with Crippen LogP contribution >= 0.6 is 31.9 Å². The first-order valence-electron chi connectivity index (χ1n) is 6.89. The molecule has 0 unspecified atom stereocenters. The van der Waals surface area contributed by atoms with Crippen LogP contribution in [0.2, 0.25) is 0 Å². The number of aliphatic carboxylic acids is 1. The second-order valence-electron chi connectivity index (χ2n) is 4.79. The number of benzene rings is 2. The van der Waals surface area contributed by atoms with Crippen LogP contribution < -0.4 is 0 Å². The van der Waals surface area contributed by atoms with Crippen LogP contribution in [0.3, 0.4) is 0 Å². The van der Waals surface area contributed by atoms with E-state index in [0.717, 1.165) is 0 Å². The van der Waals surface area contributed by atoms with Gasteiger partial charge in [-0.1, -0.05) is 31.9 Å². The van der Waals surface area contributed by atoms with Gasteiger partial charge in [0.1, 0.15) is 11.6 Å². The predicted molar refractivity (Wildman–Crippen MR) is 95.3 cm³/mol. The molecule has 0 aliphatic heterocycles. The topological polar surface area (TPSA) is 63.6 Å². The number of carboxylic acid groups (broad SMARTS) is 1. The van der Waals surface area contributed by atoms with Gasteiger partial charge < -0.3 is 9.84 Å². The monoisotopic (exact) mass is 478 g/mol. The molecule has 2 rings (SSSR count). The number of carbonyl (C=O) groups is 2. The van der Waals surface area contributed by atoms with Crippen LogP contribution in [0.25, 0.3) is 0 Å². The molecule has 4 nitrogen and oxygen atoms in total. The molecular weight excluding hydrogens is 466 g/mol. The summed E-state index contributed by atoms with van der Waals surface area (Å²) in [5, 5.41) is 8.44. The van der Waals surface area contributed by atoms with Crippen LogP contribution in [0.1, 0.15) is 11.1 Å². The van der Waals surface area contributed by atoms with Crippen molar-refractivity contribution in [3.63, 3.8) is 0 Å². The molecule has 0 spiro atoms. The Kier molecular flexibility index (Phi) is 8.71. The van der Waals surface area contributed by atoms with Crippen LogP contribution in [0.5, 0.6) is 0 Å². The number of esters is 1. The van der Waals surface area contributed by atoms with E-state index >= 15 is 0 Å². The second kappa shape index (κ2) is 10.2. The van der Waals surface area contributed by atoms with Gasteiger partial charge in [-0.25, -0.2) is 8.78 Å². The Balaban J connectivity index is 0.000000251. The fourth-order valence-electron chi connectivity index (χ4n) is 1.75. The first kappa shape index (κ1) is 21.2. The molecule has 0 bridgehead atoms. The summed E-state index contributed by atoms with van der Waals surface area (Å²) in [5.74, 6) is -2.14. The minimum atomic E-state index is -0.971. The number of hydrogen-bond acceptors (Lipinski definition) is 3. The maximum Gasteiger partial charge on any atom is 0.310 e. The molecule has 0 saturated carbocycles.